The maximum Gasteiger partial charge on any atom is 0.460 e. The Morgan fingerprint density at radius 2 is 0.797 bits per heavy atom. The highest BCUT2D eigenvalue weighted by Crippen LogP contribution is 2.55. The van der Waals surface area contributed by atoms with E-state index in [-0.39, 0.29) is 10.9 Å². The van der Waals surface area contributed by atoms with Gasteiger partial charge in [-0.3, -0.25) is 4.55 Å². The van der Waals surface area contributed by atoms with Crippen LogP contribution in [0, 0.1) is 17.4 Å². The van der Waals surface area contributed by atoms with E-state index in [0.29, 0.717) is 0 Å². The summed E-state index contributed by atoms with van der Waals surface area (Å²) in [4.78, 5) is 4.08. The molecule has 0 bridgehead atoms. The van der Waals surface area contributed by atoms with Crippen LogP contribution in [0.15, 0.2) is 136 Å². The number of alkyl halides is 18. The SMILES string of the molecule is Cc1ccc([S+](c2ccc(C)cc2)c2ccc(Cc3ccc(-c4ccccc4I)cc3)cc2)cc1.O=S(=O)(O)C(F)(F)C(F)(F)C(F)(F)C(F)(F)F.O=S(=O)([O-])C(F)(F)C(F)(F)C(F)(F)C(F)(F)F. The number of rotatable bonds is 12. The summed E-state index contributed by atoms with van der Waals surface area (Å²) in [6.45, 7) is 4.30. The molecular weight excluding hydrogens is 1150 g/mol. The van der Waals surface area contributed by atoms with Crippen LogP contribution >= 0.6 is 22.6 Å². The molecule has 69 heavy (non-hydrogen) atoms. The van der Waals surface area contributed by atoms with Gasteiger partial charge in [-0.15, -0.1) is 0 Å². The molecule has 380 valence electrons. The fraction of sp³-hybridized carbons (Fsp3) is 0.268. The van der Waals surface area contributed by atoms with Crippen molar-refractivity contribution in [3.63, 3.8) is 0 Å². The molecule has 0 saturated heterocycles. The Morgan fingerprint density at radius 1 is 0.478 bits per heavy atom. The average Bonchev–Trinajstić information content (AvgIpc) is 3.22. The van der Waals surface area contributed by atoms with Gasteiger partial charge in [0.1, 0.15) is 0 Å². The molecule has 5 aromatic rings. The molecule has 5 rings (SSSR count). The van der Waals surface area contributed by atoms with Crippen LogP contribution in [0.5, 0.6) is 0 Å². The van der Waals surface area contributed by atoms with E-state index >= 15 is 0 Å². The molecule has 6 nitrogen and oxygen atoms in total. The number of aryl methyl sites for hydroxylation is 2. The quantitative estimate of drug-likeness (QED) is 0.0576. The molecule has 0 aliphatic carbocycles. The van der Waals surface area contributed by atoms with Crippen LogP contribution in [0.3, 0.4) is 0 Å². The normalized spacial score (nSPS) is 13.6. The summed E-state index contributed by atoms with van der Waals surface area (Å²) in [6, 6.07) is 44.8. The molecule has 0 amide bonds. The Kier molecular flexibility index (Phi) is 17.8. The van der Waals surface area contributed by atoms with Gasteiger partial charge in [0.05, 0.1) is 10.9 Å². The lowest BCUT2D eigenvalue weighted by Gasteiger charge is -2.34. The summed E-state index contributed by atoms with van der Waals surface area (Å²) < 4.78 is 271. The molecule has 0 spiro atoms. The lowest BCUT2D eigenvalue weighted by atomic mass is 10.0. The molecule has 0 fully saturated rings. The first-order valence-electron chi connectivity index (χ1n) is 18.2. The summed E-state index contributed by atoms with van der Waals surface area (Å²) in [5.41, 5.74) is 7.84. The zero-order valence-electron chi connectivity index (χ0n) is 34.1. The summed E-state index contributed by atoms with van der Waals surface area (Å²) in [6.07, 6.45) is -13.4. The summed E-state index contributed by atoms with van der Waals surface area (Å²) in [5, 5.41) is -14.1. The van der Waals surface area contributed by atoms with E-state index in [1.165, 1.54) is 51.6 Å². The van der Waals surface area contributed by atoms with Gasteiger partial charge in [-0.2, -0.15) is 87.4 Å². The van der Waals surface area contributed by atoms with Gasteiger partial charge in [0, 0.05) is 3.57 Å². The second kappa shape index (κ2) is 20.8. The van der Waals surface area contributed by atoms with Gasteiger partial charge < -0.3 is 4.55 Å². The van der Waals surface area contributed by atoms with Gasteiger partial charge in [0.2, 0.25) is 0 Å². The molecule has 0 aliphatic rings. The molecule has 0 aromatic heterocycles. The molecule has 5 aromatic carbocycles. The first kappa shape index (κ1) is 59.1. The monoisotopic (exact) mass is 1180 g/mol. The molecule has 0 unspecified atom stereocenters. The molecule has 0 heterocycles. The molecule has 0 aliphatic heterocycles. The number of hydrogen-bond donors (Lipinski definition) is 1. The van der Waals surface area contributed by atoms with Crippen LogP contribution in [0.1, 0.15) is 22.3 Å². The third kappa shape index (κ3) is 12.6. The topological polar surface area (TPSA) is 112 Å². The summed E-state index contributed by atoms with van der Waals surface area (Å²) in [5.74, 6) is -29.5. The van der Waals surface area contributed by atoms with Crippen molar-refractivity contribution >= 4 is 53.7 Å². The van der Waals surface area contributed by atoms with Crippen molar-refractivity contribution in [2.45, 2.75) is 81.5 Å². The van der Waals surface area contributed by atoms with Crippen molar-refractivity contribution in [1.29, 1.82) is 0 Å². The highest BCUT2D eigenvalue weighted by atomic mass is 127. The molecule has 0 radical (unpaired) electrons. The Morgan fingerprint density at radius 3 is 1.12 bits per heavy atom. The van der Waals surface area contributed by atoms with Crippen LogP contribution in [-0.4, -0.2) is 72.5 Å². The molecule has 1 N–H and O–H groups in total. The summed E-state index contributed by atoms with van der Waals surface area (Å²) in [7, 11) is -14.7. The smallest absolute Gasteiger partial charge is 0.460 e. The Bertz CT molecular complexity index is 2630. The predicted molar refractivity (Wildman–Crippen MR) is 221 cm³/mol. The van der Waals surface area contributed by atoms with Crippen LogP contribution in [0.4, 0.5) is 79.0 Å². The van der Waals surface area contributed by atoms with Crippen molar-refractivity contribution in [2.24, 2.45) is 0 Å². The molecule has 0 atom stereocenters. The van der Waals surface area contributed by atoms with E-state index in [1.807, 2.05) is 0 Å². The van der Waals surface area contributed by atoms with E-state index < -0.39 is 66.8 Å². The van der Waals surface area contributed by atoms with Gasteiger partial charge >= 0.3 is 56.7 Å². The van der Waals surface area contributed by atoms with E-state index in [1.54, 1.807) is 0 Å². The van der Waals surface area contributed by atoms with Crippen molar-refractivity contribution < 1.29 is 105 Å². The maximum atomic E-state index is 12.2. The lowest BCUT2D eigenvalue weighted by Crippen LogP contribution is -2.63. The zero-order chi connectivity index (χ0) is 53.2. The van der Waals surface area contributed by atoms with Gasteiger partial charge in [-0.25, -0.2) is 8.42 Å². The number of benzene rings is 5. The summed E-state index contributed by atoms with van der Waals surface area (Å²) >= 11 is 2.41. The average molecular weight is 1180 g/mol. The van der Waals surface area contributed by atoms with Crippen LogP contribution in [0.25, 0.3) is 11.1 Å². The van der Waals surface area contributed by atoms with Crippen molar-refractivity contribution in [3.8, 4) is 11.1 Å². The predicted octanol–water partition coefficient (Wildman–Crippen LogP) is 13.5. The first-order valence-corrected chi connectivity index (χ1v) is 23.3. The highest BCUT2D eigenvalue weighted by Gasteiger charge is 2.86. The van der Waals surface area contributed by atoms with E-state index in [2.05, 4.69) is 158 Å². The van der Waals surface area contributed by atoms with Gasteiger partial charge in [0.25, 0.3) is 0 Å². The second-order valence-corrected chi connectivity index (χ2v) is 20.3. The minimum atomic E-state index is -7.43. The molecular formula is C41H29F18IO6S3. The molecule has 0 saturated carbocycles. The molecule has 28 heteroatoms. The second-order valence-electron chi connectivity index (χ2n) is 14.2. The standard InChI is InChI=1S/C33H28IS.2C4HF9O3S/c1-24-7-17-29(18-8-24)35(30-19-9-25(2)10-20-30)31-21-13-27(14-22-31)23-26-11-15-28(16-12-26)32-5-3-4-6-33(32)34;2*5-1(6,3(9,10)11)2(7,8)4(12,13)17(14,15)16/h3-22H,23H2,1-2H3;2*(H,14,15,16)/q+1;;/p-1. The van der Waals surface area contributed by atoms with Crippen molar-refractivity contribution in [3.05, 3.63) is 147 Å². The zero-order valence-corrected chi connectivity index (χ0v) is 38.8. The highest BCUT2D eigenvalue weighted by molar-refractivity contribution is 14.1. The van der Waals surface area contributed by atoms with E-state index in [4.69, 9.17) is 4.55 Å². The third-order valence-electron chi connectivity index (χ3n) is 9.09. The Hall–Kier alpha value is -4.26. The van der Waals surface area contributed by atoms with Crippen molar-refractivity contribution in [2.75, 3.05) is 0 Å². The van der Waals surface area contributed by atoms with Gasteiger partial charge in [0.15, 0.2) is 24.8 Å². The fourth-order valence-electron chi connectivity index (χ4n) is 5.27. The van der Waals surface area contributed by atoms with Gasteiger partial charge in [-0.1, -0.05) is 90.0 Å². The number of halogens is 19. The maximum absolute atomic E-state index is 12.2. The van der Waals surface area contributed by atoms with E-state index in [9.17, 15) is 100 Å². The first-order chi connectivity index (χ1) is 31.1. The van der Waals surface area contributed by atoms with Crippen LogP contribution in [-0.2, 0) is 37.6 Å². The Balaban J connectivity index is 0.000000313. The van der Waals surface area contributed by atoms with Gasteiger partial charge in [-0.05, 0) is 108 Å². The minimum absolute atomic E-state index is 0.113. The largest absolute Gasteiger partial charge is 0.743 e. The van der Waals surface area contributed by atoms with Crippen LogP contribution < -0.4 is 0 Å². The fourth-order valence-corrected chi connectivity index (χ4v) is 8.91. The minimum Gasteiger partial charge on any atom is -0.743 e. The third-order valence-corrected chi connectivity index (χ3v) is 14.0. The lowest BCUT2D eigenvalue weighted by molar-refractivity contribution is -0.382. The Labute approximate surface area is 396 Å². The van der Waals surface area contributed by atoms with Crippen LogP contribution in [0.2, 0.25) is 0 Å². The van der Waals surface area contributed by atoms with E-state index in [0.717, 1.165) is 6.42 Å². The van der Waals surface area contributed by atoms with Crippen molar-refractivity contribution in [1.82, 2.24) is 0 Å². The number of hydrogen-bond acceptors (Lipinski definition) is 5.